The van der Waals surface area contributed by atoms with Crippen molar-refractivity contribution in [1.29, 1.82) is 0 Å². The average molecular weight is 648 g/mol. The van der Waals surface area contributed by atoms with E-state index in [9.17, 15) is 10.2 Å². The predicted octanol–water partition coefficient (Wildman–Crippen LogP) is 7.11. The van der Waals surface area contributed by atoms with Crippen molar-refractivity contribution in [2.75, 3.05) is 0 Å². The fourth-order valence-electron chi connectivity index (χ4n) is 4.44. The van der Waals surface area contributed by atoms with Gasteiger partial charge in [-0.2, -0.15) is 0 Å². The maximum absolute atomic E-state index is 11.3. The van der Waals surface area contributed by atoms with E-state index in [-0.39, 0.29) is 21.7 Å². The van der Waals surface area contributed by atoms with Gasteiger partial charge in [0.25, 0.3) is 0 Å². The molecular weight excluding hydrogens is 600 g/mol. The van der Waals surface area contributed by atoms with Gasteiger partial charge in [-0.25, -0.2) is 0 Å². The third kappa shape index (κ3) is 5.79. The standard InChI is InChI=1S/2C14H21O.2CH3.Pb/c2*1-13(2,3)10-8-7-9-11(12(10)15)14(4,5)6;;;/h2*8-9,15H,1-6H3;2*1H3;. The summed E-state index contributed by atoms with van der Waals surface area (Å²) in [5.74, 6) is 0.888. The molecule has 0 saturated heterocycles. The van der Waals surface area contributed by atoms with Crippen LogP contribution in [0.1, 0.15) is 105 Å². The summed E-state index contributed by atoms with van der Waals surface area (Å²) in [6.07, 6.45) is 0. The molecule has 2 nitrogen and oxygen atoms in total. The number of aromatic hydroxyl groups is 2. The van der Waals surface area contributed by atoms with E-state index in [4.69, 9.17) is 0 Å². The van der Waals surface area contributed by atoms with Crippen LogP contribution in [0.3, 0.4) is 0 Å². The van der Waals surface area contributed by atoms with Gasteiger partial charge >= 0.3 is 209 Å². The van der Waals surface area contributed by atoms with E-state index < -0.39 is 21.2 Å². The van der Waals surface area contributed by atoms with Crippen LogP contribution in [0.5, 0.6) is 11.5 Å². The molecule has 0 aliphatic rings. The summed E-state index contributed by atoms with van der Waals surface area (Å²) in [4.78, 5) is 0. The summed E-state index contributed by atoms with van der Waals surface area (Å²) in [6.45, 7) is 26.1. The molecule has 2 aromatic rings. The zero-order valence-electron chi connectivity index (χ0n) is 23.7. The van der Waals surface area contributed by atoms with Crippen LogP contribution in [-0.4, -0.2) is 31.4 Å². The van der Waals surface area contributed by atoms with E-state index in [1.807, 2.05) is 0 Å². The van der Waals surface area contributed by atoms with Gasteiger partial charge in [0, 0.05) is 0 Å². The normalized spacial score (nSPS) is 14.0. The molecule has 2 N–H and O–H groups in total. The van der Waals surface area contributed by atoms with Crippen LogP contribution in [0.4, 0.5) is 0 Å². The molecule has 0 aromatic heterocycles. The van der Waals surface area contributed by atoms with E-state index >= 15 is 0 Å². The van der Waals surface area contributed by atoms with Crippen LogP contribution in [0, 0.1) is 0 Å². The van der Waals surface area contributed by atoms with Crippen LogP contribution < -0.4 is 6.25 Å². The number of rotatable bonds is 2. The van der Waals surface area contributed by atoms with Gasteiger partial charge in [-0.3, -0.25) is 0 Å². The second-order valence-electron chi connectivity index (χ2n) is 14.5. The van der Waals surface area contributed by atoms with Crippen LogP contribution in [0.15, 0.2) is 24.3 Å². The average Bonchev–Trinajstić information content (AvgIpc) is 2.57. The molecule has 0 spiro atoms. The Morgan fingerprint density at radius 1 is 0.455 bits per heavy atom. The summed E-state index contributed by atoms with van der Waals surface area (Å²) in [5.41, 5.74) is 3.54. The van der Waals surface area contributed by atoms with Crippen molar-refractivity contribution in [2.24, 2.45) is 0 Å². The summed E-state index contributed by atoms with van der Waals surface area (Å²) < 4.78 is 7.76. The monoisotopic (exact) mass is 648 g/mol. The Balaban J connectivity index is 2.95. The first kappa shape index (κ1) is 28.2. The van der Waals surface area contributed by atoms with Crippen LogP contribution in [-0.2, 0) is 21.7 Å². The van der Waals surface area contributed by atoms with Crippen molar-refractivity contribution in [3.8, 4) is 11.5 Å². The molecule has 0 atom stereocenters. The summed E-state index contributed by atoms with van der Waals surface area (Å²) in [6, 6.07) is 9.14. The van der Waals surface area contributed by atoms with Gasteiger partial charge in [0.2, 0.25) is 0 Å². The second-order valence-corrected chi connectivity index (χ2v) is 31.6. The SMILES string of the molecule is CC(C)(C)c1c[c]([Pb]([CH3])([CH3])[c]2cc(C(C)(C)C)c(O)c(C(C)(C)C)c2)cc(C(C)(C)C)c1O. The third-order valence-electron chi connectivity index (χ3n) is 6.90. The molecule has 2 aromatic carbocycles. The third-order valence-corrected chi connectivity index (χ3v) is 20.4. The summed E-state index contributed by atoms with van der Waals surface area (Å²) in [7, 11) is 0. The molecule has 0 aliphatic carbocycles. The number of phenolic OH excluding ortho intramolecular Hbond substituents is 2. The van der Waals surface area contributed by atoms with Crippen molar-refractivity contribution in [3.63, 3.8) is 0 Å². The molecule has 0 radical (unpaired) electrons. The molecule has 33 heavy (non-hydrogen) atoms. The Hall–Kier alpha value is -1.04. The summed E-state index contributed by atoms with van der Waals surface area (Å²) in [5, 5.41) is 22.5. The van der Waals surface area contributed by atoms with Crippen molar-refractivity contribution < 1.29 is 10.2 Å². The van der Waals surface area contributed by atoms with E-state index in [0.29, 0.717) is 11.5 Å². The minimum atomic E-state index is -3.27. The van der Waals surface area contributed by atoms with Crippen LogP contribution in [0.2, 0.25) is 8.97 Å². The van der Waals surface area contributed by atoms with Crippen LogP contribution >= 0.6 is 0 Å². The van der Waals surface area contributed by atoms with E-state index in [2.05, 4.69) is 116 Å². The molecule has 184 valence electrons. The molecule has 0 unspecified atom stereocenters. The van der Waals surface area contributed by atoms with Crippen molar-refractivity contribution in [2.45, 2.75) is 114 Å². The molecule has 0 heterocycles. The number of hydrogen-bond acceptors (Lipinski definition) is 2. The summed E-state index contributed by atoms with van der Waals surface area (Å²) >= 11 is -3.27. The molecule has 0 amide bonds. The Morgan fingerprint density at radius 3 is 0.788 bits per heavy atom. The van der Waals surface area contributed by atoms with Gasteiger partial charge in [0.05, 0.1) is 0 Å². The topological polar surface area (TPSA) is 40.5 Å². The quantitative estimate of drug-likeness (QED) is 0.341. The minimum absolute atomic E-state index is 0.147. The van der Waals surface area contributed by atoms with Gasteiger partial charge in [0.1, 0.15) is 0 Å². The zero-order valence-corrected chi connectivity index (χ0v) is 27.6. The van der Waals surface area contributed by atoms with E-state index in [1.165, 1.54) is 6.25 Å². The first-order chi connectivity index (χ1) is 14.5. The fraction of sp³-hybridized carbons (Fsp3) is 0.600. The Kier molecular flexibility index (Phi) is 7.32. The predicted molar refractivity (Wildman–Crippen MR) is 148 cm³/mol. The Bertz CT molecular complexity index is 879. The second kappa shape index (κ2) is 8.57. The van der Waals surface area contributed by atoms with Gasteiger partial charge in [-0.05, 0) is 0 Å². The maximum atomic E-state index is 11.3. The number of phenols is 2. The van der Waals surface area contributed by atoms with Gasteiger partial charge in [0.15, 0.2) is 0 Å². The van der Waals surface area contributed by atoms with Crippen molar-refractivity contribution in [1.82, 2.24) is 0 Å². The first-order valence-electron chi connectivity index (χ1n) is 12.3. The number of hydrogen-bond donors (Lipinski definition) is 2. The Labute approximate surface area is 208 Å². The van der Waals surface area contributed by atoms with E-state index in [0.717, 1.165) is 22.3 Å². The molecule has 0 fully saturated rings. The molecule has 0 aliphatic heterocycles. The zero-order chi connectivity index (χ0) is 25.9. The molecule has 0 bridgehead atoms. The van der Waals surface area contributed by atoms with Gasteiger partial charge in [-0.15, -0.1) is 0 Å². The Morgan fingerprint density at radius 2 is 0.636 bits per heavy atom. The fourth-order valence-corrected chi connectivity index (χ4v) is 13.6. The number of benzene rings is 2. The molecule has 0 saturated carbocycles. The molecular formula is C30H48O2Pb. The van der Waals surface area contributed by atoms with Crippen LogP contribution in [0.25, 0.3) is 0 Å². The van der Waals surface area contributed by atoms with Crippen molar-refractivity contribution in [3.05, 3.63) is 46.5 Å². The van der Waals surface area contributed by atoms with Crippen molar-refractivity contribution >= 4 is 27.4 Å². The van der Waals surface area contributed by atoms with Gasteiger partial charge in [-0.1, -0.05) is 0 Å². The molecule has 2 rings (SSSR count). The van der Waals surface area contributed by atoms with E-state index in [1.54, 1.807) is 0 Å². The first-order valence-corrected chi connectivity index (χ1v) is 23.9. The molecule has 3 heteroatoms. The van der Waals surface area contributed by atoms with Gasteiger partial charge < -0.3 is 0 Å².